The summed E-state index contributed by atoms with van der Waals surface area (Å²) in [6.07, 6.45) is -0.890. The maximum atomic E-state index is 13.2. The smallest absolute Gasteiger partial charge is 0.396 e. The Hall–Kier alpha value is -2.32. The highest BCUT2D eigenvalue weighted by atomic mass is 35.5. The Labute approximate surface area is 184 Å². The van der Waals surface area contributed by atoms with Gasteiger partial charge in [-0.2, -0.15) is 13.2 Å². The van der Waals surface area contributed by atoms with Crippen LogP contribution in [0.3, 0.4) is 0 Å². The summed E-state index contributed by atoms with van der Waals surface area (Å²) in [6, 6.07) is 4.76. The summed E-state index contributed by atoms with van der Waals surface area (Å²) < 4.78 is 45.4. The van der Waals surface area contributed by atoms with E-state index in [1.54, 1.807) is 12.1 Å². The third-order valence-electron chi connectivity index (χ3n) is 5.47. The number of hydrogen-bond donors (Lipinski definition) is 0. The topological polar surface area (TPSA) is 49.9 Å². The zero-order valence-electron chi connectivity index (χ0n) is 17.3. The fourth-order valence-corrected chi connectivity index (χ4v) is 3.96. The summed E-state index contributed by atoms with van der Waals surface area (Å²) in [7, 11) is 0. The molecule has 0 radical (unpaired) electrons. The number of halogens is 4. The van der Waals surface area contributed by atoms with Gasteiger partial charge in [-0.1, -0.05) is 38.1 Å². The zero-order chi connectivity index (χ0) is 22.8. The van der Waals surface area contributed by atoms with Gasteiger partial charge in [0.05, 0.1) is 29.0 Å². The number of hydrogen-bond acceptors (Lipinski definition) is 4. The highest BCUT2D eigenvalue weighted by molar-refractivity contribution is 6.23. The quantitative estimate of drug-likeness (QED) is 0.432. The van der Waals surface area contributed by atoms with Crippen molar-refractivity contribution < 1.29 is 27.5 Å². The molecule has 168 valence electrons. The zero-order valence-corrected chi connectivity index (χ0v) is 18.0. The normalized spacial score (nSPS) is 21.0. The molecule has 1 aliphatic carbocycles. The van der Waals surface area contributed by atoms with Crippen LogP contribution in [0.5, 0.6) is 5.75 Å². The van der Waals surface area contributed by atoms with E-state index in [1.807, 2.05) is 13.8 Å². The first kappa shape index (κ1) is 23.3. The molecule has 1 aliphatic heterocycles. The van der Waals surface area contributed by atoms with Crippen molar-refractivity contribution in [2.24, 2.45) is 5.92 Å². The highest BCUT2D eigenvalue weighted by Gasteiger charge is 2.44. The predicted molar refractivity (Wildman–Crippen MR) is 112 cm³/mol. The van der Waals surface area contributed by atoms with Crippen LogP contribution in [0.15, 0.2) is 42.0 Å². The van der Waals surface area contributed by atoms with Crippen LogP contribution in [0.25, 0.3) is 0 Å². The Morgan fingerprint density at radius 3 is 2.52 bits per heavy atom. The van der Waals surface area contributed by atoms with Crippen LogP contribution in [0.2, 0.25) is 0 Å². The molecule has 0 fully saturated rings. The predicted octanol–water partition coefficient (Wildman–Crippen LogP) is 4.29. The van der Waals surface area contributed by atoms with Gasteiger partial charge in [0.15, 0.2) is 0 Å². The largest absolute Gasteiger partial charge is 0.491 e. The van der Waals surface area contributed by atoms with Gasteiger partial charge in [0.2, 0.25) is 0 Å². The van der Waals surface area contributed by atoms with Crippen LogP contribution in [-0.4, -0.2) is 66.0 Å². The first-order valence-corrected chi connectivity index (χ1v) is 10.5. The summed E-state index contributed by atoms with van der Waals surface area (Å²) in [4.78, 5) is 28.9. The lowest BCUT2D eigenvalue weighted by atomic mass is 9.95. The van der Waals surface area contributed by atoms with Gasteiger partial charge >= 0.3 is 6.18 Å². The van der Waals surface area contributed by atoms with Crippen LogP contribution >= 0.6 is 11.6 Å². The molecule has 5 nitrogen and oxygen atoms in total. The fraction of sp³-hybridized carbons (Fsp3) is 0.455. The Morgan fingerprint density at radius 2 is 1.87 bits per heavy atom. The molecule has 31 heavy (non-hydrogen) atoms. The lowest BCUT2D eigenvalue weighted by molar-refractivity contribution is -0.159. The number of carbonyl (C=O) groups is 2. The number of alkyl halides is 4. The minimum atomic E-state index is -4.52. The molecule has 1 heterocycles. The van der Waals surface area contributed by atoms with Gasteiger partial charge < -0.3 is 9.64 Å². The molecule has 1 aromatic carbocycles. The van der Waals surface area contributed by atoms with E-state index in [9.17, 15) is 22.8 Å². The molecule has 3 rings (SSSR count). The molecule has 2 aliphatic rings. The average Bonchev–Trinajstić information content (AvgIpc) is 2.97. The molecule has 2 atom stereocenters. The van der Waals surface area contributed by atoms with E-state index < -0.39 is 29.3 Å². The molecule has 2 unspecified atom stereocenters. The number of allylic oxidation sites excluding steroid dienone is 2. The second-order valence-electron chi connectivity index (χ2n) is 7.36. The standard InChI is InChI=1S/C22H24ClF3N2O3/c1-3-27(4-2)10-11-31-18-7-5-6-15-19(18)21(30)28(20(15)29)13-14-8-9-17(23)16(12-14)22(24,25)26/h5-9,12,16-17H,3-4,10-11,13H2,1-2H3. The number of fused-ring (bicyclic) bond motifs is 1. The molecule has 9 heteroatoms. The first-order chi connectivity index (χ1) is 14.7. The van der Waals surface area contributed by atoms with E-state index in [1.165, 1.54) is 18.2 Å². The van der Waals surface area contributed by atoms with Crippen LogP contribution in [-0.2, 0) is 0 Å². The van der Waals surface area contributed by atoms with Crippen molar-refractivity contribution in [3.8, 4) is 5.75 Å². The van der Waals surface area contributed by atoms with Crippen molar-refractivity contribution >= 4 is 23.4 Å². The van der Waals surface area contributed by atoms with E-state index in [-0.39, 0.29) is 23.2 Å². The molecule has 0 saturated carbocycles. The van der Waals surface area contributed by atoms with Crippen molar-refractivity contribution in [1.82, 2.24) is 9.80 Å². The van der Waals surface area contributed by atoms with Crippen LogP contribution < -0.4 is 4.74 Å². The average molecular weight is 457 g/mol. The monoisotopic (exact) mass is 456 g/mol. The van der Waals surface area contributed by atoms with Gasteiger partial charge in [-0.25, -0.2) is 0 Å². The molecule has 0 N–H and O–H groups in total. The maximum Gasteiger partial charge on any atom is 0.396 e. The number of imide groups is 1. The van der Waals surface area contributed by atoms with Gasteiger partial charge in [-0.3, -0.25) is 14.5 Å². The Bertz CT molecular complexity index is 910. The van der Waals surface area contributed by atoms with E-state index in [2.05, 4.69) is 4.90 Å². The van der Waals surface area contributed by atoms with Crippen molar-refractivity contribution in [3.05, 3.63) is 53.1 Å². The molecule has 0 saturated heterocycles. The fourth-order valence-electron chi connectivity index (χ4n) is 3.67. The van der Waals surface area contributed by atoms with Gasteiger partial charge in [0.1, 0.15) is 12.4 Å². The number of likely N-dealkylation sites (N-methyl/N-ethyl adjacent to an activating group) is 1. The number of nitrogens with zero attached hydrogens (tertiary/aromatic N) is 2. The summed E-state index contributed by atoms with van der Waals surface area (Å²) in [6.45, 7) is 6.54. The minimum absolute atomic E-state index is 0.148. The summed E-state index contributed by atoms with van der Waals surface area (Å²) >= 11 is 5.77. The lowest BCUT2D eigenvalue weighted by Crippen LogP contribution is -2.34. The molecule has 0 spiro atoms. The van der Waals surface area contributed by atoms with Gasteiger partial charge in [-0.05, 0) is 30.8 Å². The van der Waals surface area contributed by atoms with Gasteiger partial charge in [-0.15, -0.1) is 11.6 Å². The van der Waals surface area contributed by atoms with E-state index >= 15 is 0 Å². The maximum absolute atomic E-state index is 13.2. The van der Waals surface area contributed by atoms with Crippen molar-refractivity contribution in [1.29, 1.82) is 0 Å². The summed E-state index contributed by atoms with van der Waals surface area (Å²) in [5.74, 6) is -2.71. The lowest BCUT2D eigenvalue weighted by Gasteiger charge is -2.25. The van der Waals surface area contributed by atoms with E-state index in [4.69, 9.17) is 16.3 Å². The number of rotatable bonds is 8. The third kappa shape index (κ3) is 4.96. The van der Waals surface area contributed by atoms with E-state index in [0.29, 0.717) is 18.9 Å². The number of ether oxygens (including phenoxy) is 1. The van der Waals surface area contributed by atoms with Crippen molar-refractivity contribution in [2.75, 3.05) is 32.8 Å². The van der Waals surface area contributed by atoms with Crippen LogP contribution in [0.1, 0.15) is 34.6 Å². The second kappa shape index (κ2) is 9.44. The number of benzene rings is 1. The SMILES string of the molecule is CCN(CC)CCOc1cccc2c1C(=O)N(CC1=CC(C(F)(F)F)C(Cl)C=C1)C2=O. The Balaban J connectivity index is 1.77. The number of carbonyl (C=O) groups excluding carboxylic acids is 2. The molecule has 0 bridgehead atoms. The van der Waals surface area contributed by atoms with Crippen molar-refractivity contribution in [3.63, 3.8) is 0 Å². The second-order valence-corrected chi connectivity index (χ2v) is 7.87. The van der Waals surface area contributed by atoms with Crippen LogP contribution in [0.4, 0.5) is 13.2 Å². The van der Waals surface area contributed by atoms with Crippen LogP contribution in [0, 0.1) is 5.92 Å². The molecular formula is C22H24ClF3N2O3. The van der Waals surface area contributed by atoms with Gasteiger partial charge in [0, 0.05) is 6.54 Å². The first-order valence-electron chi connectivity index (χ1n) is 10.1. The number of amides is 2. The summed E-state index contributed by atoms with van der Waals surface area (Å²) in [5, 5.41) is -1.23. The molecule has 1 aromatic rings. The molecule has 0 aromatic heterocycles. The van der Waals surface area contributed by atoms with Crippen molar-refractivity contribution in [2.45, 2.75) is 25.4 Å². The van der Waals surface area contributed by atoms with Gasteiger partial charge in [0.25, 0.3) is 11.8 Å². The van der Waals surface area contributed by atoms with E-state index in [0.717, 1.165) is 24.1 Å². The minimum Gasteiger partial charge on any atom is -0.491 e. The molecular weight excluding hydrogens is 433 g/mol. The molecule has 2 amide bonds. The third-order valence-corrected chi connectivity index (χ3v) is 5.89. The Morgan fingerprint density at radius 1 is 1.16 bits per heavy atom. The summed E-state index contributed by atoms with van der Waals surface area (Å²) in [5.41, 5.74) is 0.543. The Kier molecular flexibility index (Phi) is 7.11. The highest BCUT2D eigenvalue weighted by Crippen LogP contribution is 2.37.